The van der Waals surface area contributed by atoms with Gasteiger partial charge in [0.15, 0.2) is 0 Å². The molecule has 7 rings (SSSR count). The van der Waals surface area contributed by atoms with Crippen LogP contribution in [0.5, 0.6) is 0 Å². The summed E-state index contributed by atoms with van der Waals surface area (Å²) in [6.07, 6.45) is 10.7. The molecule has 4 aliphatic carbocycles. The van der Waals surface area contributed by atoms with Crippen LogP contribution in [0.15, 0.2) is 48.8 Å². The Kier molecular flexibility index (Phi) is 4.15. The van der Waals surface area contributed by atoms with Gasteiger partial charge in [-0.15, -0.1) is 0 Å². The highest BCUT2D eigenvalue weighted by Gasteiger charge is 2.61. The van der Waals surface area contributed by atoms with Crippen LogP contribution in [0.4, 0.5) is 5.95 Å². The Morgan fingerprint density at radius 3 is 2.20 bits per heavy atom. The van der Waals surface area contributed by atoms with Gasteiger partial charge in [-0.3, -0.25) is 4.79 Å². The topological polar surface area (TPSA) is 49.3 Å². The van der Waals surface area contributed by atoms with Crippen molar-refractivity contribution in [2.75, 3.05) is 31.1 Å². The molecule has 156 valence electrons. The number of aromatic nitrogens is 2. The van der Waals surface area contributed by atoms with Crippen molar-refractivity contribution in [2.24, 2.45) is 17.3 Å². The molecule has 1 aromatic carbocycles. The van der Waals surface area contributed by atoms with E-state index in [0.717, 1.165) is 63.2 Å². The number of hydrogen-bond donors (Lipinski definition) is 0. The minimum atomic E-state index is -0.134. The average Bonchev–Trinajstić information content (AvgIpc) is 2.79. The van der Waals surface area contributed by atoms with Crippen LogP contribution in [0.25, 0.3) is 0 Å². The Bertz CT molecular complexity index is 909. The third-order valence-electron chi connectivity index (χ3n) is 8.30. The van der Waals surface area contributed by atoms with Crippen molar-refractivity contribution in [3.8, 4) is 0 Å². The molecule has 0 N–H and O–H groups in total. The van der Waals surface area contributed by atoms with Crippen LogP contribution in [0.3, 0.4) is 0 Å². The number of carbonyl (C=O) groups excluding carboxylic acids is 1. The van der Waals surface area contributed by atoms with Gasteiger partial charge in [-0.2, -0.15) is 0 Å². The first-order valence-corrected chi connectivity index (χ1v) is 11.5. The van der Waals surface area contributed by atoms with E-state index in [1.807, 2.05) is 6.07 Å². The molecule has 2 heterocycles. The van der Waals surface area contributed by atoms with Gasteiger partial charge in [-0.05, 0) is 67.4 Å². The maximum Gasteiger partial charge on any atom is 0.228 e. The van der Waals surface area contributed by atoms with Crippen LogP contribution in [0.1, 0.15) is 44.1 Å². The van der Waals surface area contributed by atoms with E-state index in [1.54, 1.807) is 12.4 Å². The first kappa shape index (κ1) is 18.3. The molecular formula is C25H30N4O. The number of benzene rings is 1. The van der Waals surface area contributed by atoms with Gasteiger partial charge in [0, 0.05) is 38.6 Å². The number of anilines is 1. The fourth-order valence-corrected chi connectivity index (χ4v) is 7.54. The Hall–Kier alpha value is -2.43. The fraction of sp³-hybridized carbons (Fsp3) is 0.560. The largest absolute Gasteiger partial charge is 0.339 e. The molecule has 1 aromatic heterocycles. The van der Waals surface area contributed by atoms with Crippen molar-refractivity contribution in [3.05, 3.63) is 54.4 Å². The molecule has 5 fully saturated rings. The molecule has 2 unspecified atom stereocenters. The van der Waals surface area contributed by atoms with E-state index in [9.17, 15) is 4.79 Å². The standard InChI is InChI=1S/C25H30N4O/c30-22(28-9-11-29(12-10-28)23-26-7-4-8-27-23)25-16-19-13-20(17-25)15-24(14-19,18-25)21-5-2-1-3-6-21/h1-8,19-20H,9-18H2. The number of rotatable bonds is 3. The molecule has 0 spiro atoms. The lowest BCUT2D eigenvalue weighted by Crippen LogP contribution is -2.61. The molecule has 1 aliphatic heterocycles. The van der Waals surface area contributed by atoms with Crippen molar-refractivity contribution >= 4 is 11.9 Å². The van der Waals surface area contributed by atoms with Crippen molar-refractivity contribution in [1.29, 1.82) is 0 Å². The van der Waals surface area contributed by atoms with E-state index in [0.29, 0.717) is 5.91 Å². The molecule has 2 aromatic rings. The minimum absolute atomic E-state index is 0.134. The highest BCUT2D eigenvalue weighted by Crippen LogP contribution is 2.66. The molecule has 4 bridgehead atoms. The highest BCUT2D eigenvalue weighted by atomic mass is 16.2. The number of carbonyl (C=O) groups is 1. The number of hydrogen-bond acceptors (Lipinski definition) is 4. The van der Waals surface area contributed by atoms with E-state index < -0.39 is 0 Å². The summed E-state index contributed by atoms with van der Waals surface area (Å²) in [6, 6.07) is 12.9. The van der Waals surface area contributed by atoms with E-state index in [2.05, 4.69) is 50.1 Å². The van der Waals surface area contributed by atoms with Crippen molar-refractivity contribution in [1.82, 2.24) is 14.9 Å². The lowest BCUT2D eigenvalue weighted by Gasteiger charge is -2.62. The smallest absolute Gasteiger partial charge is 0.228 e. The zero-order valence-corrected chi connectivity index (χ0v) is 17.5. The number of piperazine rings is 1. The molecule has 5 nitrogen and oxygen atoms in total. The zero-order chi connectivity index (χ0) is 20.2. The molecule has 1 amide bonds. The SMILES string of the molecule is O=C(N1CCN(c2ncccn2)CC1)C12CC3CC(C1)CC(c1ccccc1)(C3)C2. The molecule has 2 atom stereocenters. The van der Waals surface area contributed by atoms with Crippen molar-refractivity contribution in [2.45, 2.75) is 43.9 Å². The van der Waals surface area contributed by atoms with Crippen molar-refractivity contribution < 1.29 is 4.79 Å². The highest BCUT2D eigenvalue weighted by molar-refractivity contribution is 5.84. The predicted octanol–water partition coefficient (Wildman–Crippen LogP) is 3.66. The molecular weight excluding hydrogens is 372 g/mol. The van der Waals surface area contributed by atoms with E-state index in [-0.39, 0.29) is 10.8 Å². The summed E-state index contributed by atoms with van der Waals surface area (Å²) in [6.45, 7) is 3.21. The van der Waals surface area contributed by atoms with Gasteiger partial charge in [-0.1, -0.05) is 30.3 Å². The second kappa shape index (κ2) is 6.79. The summed E-state index contributed by atoms with van der Waals surface area (Å²) in [5.41, 5.74) is 1.56. The lowest BCUT2D eigenvalue weighted by molar-refractivity contribution is -0.160. The van der Waals surface area contributed by atoms with Gasteiger partial charge in [0.2, 0.25) is 11.9 Å². The third-order valence-corrected chi connectivity index (χ3v) is 8.30. The third kappa shape index (κ3) is 2.85. The van der Waals surface area contributed by atoms with E-state index in [1.165, 1.54) is 24.8 Å². The molecule has 5 aliphatic rings. The van der Waals surface area contributed by atoms with Crippen LogP contribution < -0.4 is 4.90 Å². The lowest BCUT2D eigenvalue weighted by atomic mass is 9.42. The molecule has 4 saturated carbocycles. The second-order valence-corrected chi connectivity index (χ2v) is 10.2. The quantitative estimate of drug-likeness (QED) is 0.786. The number of amides is 1. The first-order valence-electron chi connectivity index (χ1n) is 11.5. The van der Waals surface area contributed by atoms with E-state index >= 15 is 0 Å². The van der Waals surface area contributed by atoms with Crippen LogP contribution in [-0.2, 0) is 10.2 Å². The monoisotopic (exact) mass is 402 g/mol. The van der Waals surface area contributed by atoms with Gasteiger partial charge in [0.1, 0.15) is 0 Å². The predicted molar refractivity (Wildman–Crippen MR) is 116 cm³/mol. The van der Waals surface area contributed by atoms with Crippen LogP contribution in [0, 0.1) is 17.3 Å². The maximum absolute atomic E-state index is 13.9. The Labute approximate surface area is 178 Å². The van der Waals surface area contributed by atoms with Gasteiger partial charge in [0.25, 0.3) is 0 Å². The molecule has 5 heteroatoms. The Morgan fingerprint density at radius 1 is 0.867 bits per heavy atom. The van der Waals surface area contributed by atoms with Crippen molar-refractivity contribution in [3.63, 3.8) is 0 Å². The minimum Gasteiger partial charge on any atom is -0.339 e. The molecule has 30 heavy (non-hydrogen) atoms. The summed E-state index contributed by atoms with van der Waals surface area (Å²) in [5.74, 6) is 2.65. The van der Waals surface area contributed by atoms with Gasteiger partial charge < -0.3 is 9.80 Å². The normalized spacial score (nSPS) is 34.9. The Morgan fingerprint density at radius 2 is 1.53 bits per heavy atom. The summed E-state index contributed by atoms with van der Waals surface area (Å²) in [4.78, 5) is 27.1. The maximum atomic E-state index is 13.9. The summed E-state index contributed by atoms with van der Waals surface area (Å²) >= 11 is 0. The van der Waals surface area contributed by atoms with Gasteiger partial charge >= 0.3 is 0 Å². The summed E-state index contributed by atoms with van der Waals surface area (Å²) < 4.78 is 0. The van der Waals surface area contributed by atoms with Crippen LogP contribution in [-0.4, -0.2) is 47.0 Å². The summed E-state index contributed by atoms with van der Waals surface area (Å²) in [5, 5.41) is 0. The molecule has 1 saturated heterocycles. The fourth-order valence-electron chi connectivity index (χ4n) is 7.54. The summed E-state index contributed by atoms with van der Waals surface area (Å²) in [7, 11) is 0. The average molecular weight is 403 g/mol. The Balaban J connectivity index is 1.23. The van der Waals surface area contributed by atoms with Gasteiger partial charge in [0.05, 0.1) is 5.41 Å². The zero-order valence-electron chi connectivity index (χ0n) is 17.5. The van der Waals surface area contributed by atoms with Crippen LogP contribution >= 0.6 is 0 Å². The van der Waals surface area contributed by atoms with Crippen LogP contribution in [0.2, 0.25) is 0 Å². The second-order valence-electron chi connectivity index (χ2n) is 10.2. The van der Waals surface area contributed by atoms with E-state index in [4.69, 9.17) is 0 Å². The first-order chi connectivity index (χ1) is 14.7. The number of nitrogens with zero attached hydrogens (tertiary/aromatic N) is 4. The molecule has 0 radical (unpaired) electrons. The van der Waals surface area contributed by atoms with Gasteiger partial charge in [-0.25, -0.2) is 9.97 Å².